The average molecular weight is 452 g/mol. The molecule has 0 spiro atoms. The van der Waals surface area contributed by atoms with Gasteiger partial charge in [0.15, 0.2) is 11.4 Å². The molecule has 2 aliphatic rings. The van der Waals surface area contributed by atoms with Gasteiger partial charge in [-0.2, -0.15) is 5.10 Å². The van der Waals surface area contributed by atoms with E-state index >= 15 is 0 Å². The fraction of sp³-hybridized carbons (Fsp3) is 0.273. The molecule has 2 aromatic carbocycles. The first-order valence-electron chi connectivity index (χ1n) is 10.4. The van der Waals surface area contributed by atoms with Gasteiger partial charge in [-0.15, -0.1) is 0 Å². The molecule has 10 heteroatoms. The summed E-state index contributed by atoms with van der Waals surface area (Å²) in [5.41, 5.74) is 3.37. The molecule has 4 aromatic rings. The lowest BCUT2D eigenvalue weighted by Crippen LogP contribution is -2.16. The molecule has 0 atom stereocenters. The summed E-state index contributed by atoms with van der Waals surface area (Å²) in [4.78, 5) is 0.0914. The first-order chi connectivity index (χ1) is 15.6. The van der Waals surface area contributed by atoms with E-state index in [1.54, 1.807) is 12.3 Å². The van der Waals surface area contributed by atoms with Crippen molar-refractivity contribution < 1.29 is 22.4 Å². The fourth-order valence-corrected chi connectivity index (χ4v) is 5.57. The maximum absolute atomic E-state index is 13.2. The van der Waals surface area contributed by atoms with E-state index in [0.717, 1.165) is 29.5 Å². The SMILES string of the molecule is O=S(=O)(Nc1noc2cc(Cn3cccn3)c3c(c12)OCCC3)c1cccc2c1OCC2. The molecule has 0 bridgehead atoms. The van der Waals surface area contributed by atoms with Crippen LogP contribution in [0, 0.1) is 0 Å². The smallest absolute Gasteiger partial charge is 0.266 e. The van der Waals surface area contributed by atoms with Gasteiger partial charge in [0.25, 0.3) is 10.0 Å². The van der Waals surface area contributed by atoms with Crippen molar-refractivity contribution in [3.05, 3.63) is 59.4 Å². The van der Waals surface area contributed by atoms with Gasteiger partial charge in [-0.1, -0.05) is 17.3 Å². The molecule has 32 heavy (non-hydrogen) atoms. The summed E-state index contributed by atoms with van der Waals surface area (Å²) in [6.45, 7) is 1.57. The Morgan fingerprint density at radius 3 is 2.88 bits per heavy atom. The fourth-order valence-electron chi connectivity index (χ4n) is 4.38. The van der Waals surface area contributed by atoms with Crippen LogP contribution in [0.1, 0.15) is 23.1 Å². The number of sulfonamides is 1. The minimum absolute atomic E-state index is 0.0914. The van der Waals surface area contributed by atoms with E-state index in [1.165, 1.54) is 6.07 Å². The number of nitrogens with one attached hydrogen (secondary N) is 1. The topological polar surface area (TPSA) is 108 Å². The first-order valence-corrected chi connectivity index (χ1v) is 11.9. The molecule has 0 amide bonds. The van der Waals surface area contributed by atoms with Crippen molar-refractivity contribution in [2.75, 3.05) is 17.9 Å². The molecule has 9 nitrogen and oxygen atoms in total. The monoisotopic (exact) mass is 452 g/mol. The molecule has 0 saturated heterocycles. The molecule has 4 heterocycles. The van der Waals surface area contributed by atoms with Gasteiger partial charge in [0.05, 0.1) is 19.8 Å². The van der Waals surface area contributed by atoms with E-state index in [9.17, 15) is 8.42 Å². The minimum atomic E-state index is -3.94. The Kier molecular flexibility index (Phi) is 4.35. The predicted molar refractivity (Wildman–Crippen MR) is 116 cm³/mol. The van der Waals surface area contributed by atoms with Gasteiger partial charge in [-0.05, 0) is 42.2 Å². The van der Waals surface area contributed by atoms with Crippen LogP contribution in [0.25, 0.3) is 11.0 Å². The Bertz CT molecular complexity index is 1430. The van der Waals surface area contributed by atoms with Gasteiger partial charge in [0.1, 0.15) is 21.8 Å². The highest BCUT2D eigenvalue weighted by atomic mass is 32.2. The highest BCUT2D eigenvalue weighted by Crippen LogP contribution is 2.41. The highest BCUT2D eigenvalue weighted by Gasteiger charge is 2.29. The van der Waals surface area contributed by atoms with Crippen LogP contribution in [0.3, 0.4) is 0 Å². The van der Waals surface area contributed by atoms with E-state index in [0.29, 0.717) is 48.6 Å². The first kappa shape index (κ1) is 19.2. The molecule has 2 aromatic heterocycles. The van der Waals surface area contributed by atoms with E-state index in [4.69, 9.17) is 14.0 Å². The number of anilines is 1. The second-order valence-corrected chi connectivity index (χ2v) is 9.50. The van der Waals surface area contributed by atoms with E-state index in [2.05, 4.69) is 15.0 Å². The number of fused-ring (bicyclic) bond motifs is 4. The van der Waals surface area contributed by atoms with Gasteiger partial charge in [0.2, 0.25) is 0 Å². The Morgan fingerprint density at radius 1 is 1.09 bits per heavy atom. The van der Waals surface area contributed by atoms with Crippen LogP contribution in [0.15, 0.2) is 52.1 Å². The van der Waals surface area contributed by atoms with Crippen molar-refractivity contribution in [3.8, 4) is 11.5 Å². The van der Waals surface area contributed by atoms with Crippen LogP contribution in [-0.4, -0.2) is 36.6 Å². The summed E-state index contributed by atoms with van der Waals surface area (Å²) in [6, 6.07) is 8.88. The number of benzene rings is 2. The van der Waals surface area contributed by atoms with Crippen LogP contribution in [0.5, 0.6) is 11.5 Å². The lowest BCUT2D eigenvalue weighted by molar-refractivity contribution is 0.291. The summed E-state index contributed by atoms with van der Waals surface area (Å²) in [6.07, 6.45) is 6.00. The zero-order valence-corrected chi connectivity index (χ0v) is 17.9. The van der Waals surface area contributed by atoms with E-state index in [-0.39, 0.29) is 10.7 Å². The molecule has 0 unspecified atom stereocenters. The average Bonchev–Trinajstić information content (AvgIpc) is 3.55. The third-order valence-corrected chi connectivity index (χ3v) is 7.18. The molecule has 6 rings (SSSR count). The van der Waals surface area contributed by atoms with Crippen LogP contribution in [-0.2, 0) is 29.4 Å². The van der Waals surface area contributed by atoms with Crippen LogP contribution in [0.2, 0.25) is 0 Å². The Labute approximate surface area is 184 Å². The van der Waals surface area contributed by atoms with Gasteiger partial charge < -0.3 is 14.0 Å². The summed E-state index contributed by atoms with van der Waals surface area (Å²) in [5.74, 6) is 1.12. The van der Waals surface area contributed by atoms with Crippen LogP contribution in [0.4, 0.5) is 5.82 Å². The Hall–Kier alpha value is -3.53. The molecule has 2 aliphatic heterocycles. The zero-order chi connectivity index (χ0) is 21.7. The normalized spacial score (nSPS) is 15.1. The number of ether oxygens (including phenoxy) is 2. The van der Waals surface area contributed by atoms with Crippen molar-refractivity contribution in [1.29, 1.82) is 0 Å². The molecule has 0 radical (unpaired) electrons. The molecule has 164 valence electrons. The zero-order valence-electron chi connectivity index (χ0n) is 17.1. The number of hydrogen-bond donors (Lipinski definition) is 1. The predicted octanol–water partition coefficient (Wildman–Crippen LogP) is 3.13. The van der Waals surface area contributed by atoms with Gasteiger partial charge in [-0.25, -0.2) is 8.42 Å². The summed E-state index contributed by atoms with van der Waals surface area (Å²) in [5, 5.41) is 8.85. The summed E-state index contributed by atoms with van der Waals surface area (Å²) in [7, 11) is -3.94. The van der Waals surface area contributed by atoms with Gasteiger partial charge in [0, 0.05) is 24.4 Å². The standard InChI is InChI=1S/C22H20N4O5S/c27-32(28,18-6-1-4-14-7-11-30-20(14)18)25-22-19-17(31-24-22)12-15(13-26-9-3-8-23-26)16-5-2-10-29-21(16)19/h1,3-4,6,8-9,12H,2,5,7,10-11,13H2,(H,24,25). The minimum Gasteiger partial charge on any atom is -0.492 e. The van der Waals surface area contributed by atoms with Crippen molar-refractivity contribution in [2.24, 2.45) is 0 Å². The van der Waals surface area contributed by atoms with Crippen molar-refractivity contribution >= 4 is 26.8 Å². The van der Waals surface area contributed by atoms with Crippen LogP contribution < -0.4 is 14.2 Å². The largest absolute Gasteiger partial charge is 0.492 e. The molecule has 0 fully saturated rings. The number of hydrogen-bond acceptors (Lipinski definition) is 7. The Balaban J connectivity index is 1.44. The van der Waals surface area contributed by atoms with E-state index < -0.39 is 10.0 Å². The van der Waals surface area contributed by atoms with Crippen molar-refractivity contribution in [3.63, 3.8) is 0 Å². The molecule has 1 N–H and O–H groups in total. The maximum atomic E-state index is 13.2. The Morgan fingerprint density at radius 2 is 2.00 bits per heavy atom. The quantitative estimate of drug-likeness (QED) is 0.496. The maximum Gasteiger partial charge on any atom is 0.266 e. The number of rotatable bonds is 5. The molecule has 0 aliphatic carbocycles. The second kappa shape index (κ2) is 7.27. The lowest BCUT2D eigenvalue weighted by Gasteiger charge is -2.21. The van der Waals surface area contributed by atoms with Gasteiger partial charge >= 0.3 is 0 Å². The number of para-hydroxylation sites is 1. The second-order valence-electron chi connectivity index (χ2n) is 7.85. The van der Waals surface area contributed by atoms with Crippen LogP contribution >= 0.6 is 0 Å². The summed E-state index contributed by atoms with van der Waals surface area (Å²) >= 11 is 0. The third-order valence-electron chi connectivity index (χ3n) is 5.82. The lowest BCUT2D eigenvalue weighted by atomic mass is 9.97. The summed E-state index contributed by atoms with van der Waals surface area (Å²) < 4.78 is 48.0. The van der Waals surface area contributed by atoms with Gasteiger partial charge in [-0.3, -0.25) is 9.40 Å². The molecular weight excluding hydrogens is 432 g/mol. The molecular formula is C22H20N4O5S. The third kappa shape index (κ3) is 3.10. The number of nitrogens with zero attached hydrogens (tertiary/aromatic N) is 3. The molecule has 0 saturated carbocycles. The van der Waals surface area contributed by atoms with Crippen molar-refractivity contribution in [1.82, 2.24) is 14.9 Å². The number of aromatic nitrogens is 3. The van der Waals surface area contributed by atoms with Crippen molar-refractivity contribution in [2.45, 2.75) is 30.7 Å². The van der Waals surface area contributed by atoms with E-state index in [1.807, 2.05) is 29.1 Å². The highest BCUT2D eigenvalue weighted by molar-refractivity contribution is 7.92.